The van der Waals surface area contributed by atoms with E-state index in [0.717, 1.165) is 12.8 Å². The van der Waals surface area contributed by atoms with Gasteiger partial charge >= 0.3 is 0 Å². The van der Waals surface area contributed by atoms with Gasteiger partial charge in [0.1, 0.15) is 0 Å². The van der Waals surface area contributed by atoms with Crippen molar-refractivity contribution in [2.24, 2.45) is 4.99 Å². The van der Waals surface area contributed by atoms with Crippen molar-refractivity contribution in [3.8, 4) is 0 Å². The smallest absolute Gasteiger partial charge is 0.253 e. The van der Waals surface area contributed by atoms with Crippen molar-refractivity contribution in [1.29, 1.82) is 0 Å². The molecule has 19 heavy (non-hydrogen) atoms. The van der Waals surface area contributed by atoms with Gasteiger partial charge in [0.05, 0.1) is 11.3 Å². The van der Waals surface area contributed by atoms with E-state index in [1.807, 2.05) is 0 Å². The van der Waals surface area contributed by atoms with Crippen LogP contribution in [-0.4, -0.2) is 18.0 Å². The van der Waals surface area contributed by atoms with Gasteiger partial charge in [-0.05, 0) is 25.0 Å². The van der Waals surface area contributed by atoms with Crippen molar-refractivity contribution in [2.45, 2.75) is 44.6 Å². The number of para-hydroxylation sites is 1. The first-order valence-electron chi connectivity index (χ1n) is 6.79. The lowest BCUT2D eigenvalue weighted by Crippen LogP contribution is -2.34. The van der Waals surface area contributed by atoms with Crippen LogP contribution in [0.1, 0.15) is 48.9 Å². The van der Waals surface area contributed by atoms with Crippen LogP contribution in [0.2, 0.25) is 0 Å². The zero-order valence-corrected chi connectivity index (χ0v) is 10.9. The summed E-state index contributed by atoms with van der Waals surface area (Å²) in [6.45, 7) is 0. The molecule has 1 amide bonds. The summed E-state index contributed by atoms with van der Waals surface area (Å²) in [6, 6.07) is 7.09. The molecule has 1 fully saturated rings. The molecule has 2 rings (SSSR count). The first-order valence-corrected chi connectivity index (χ1v) is 6.79. The fraction of sp³-hybridized carbons (Fsp3) is 0.467. The standard InChI is InChI=1S/C15H18N2O2/c18-11-16-14-10-6-5-9-13(14)15(19)17-12-7-3-1-2-4-8-12/h5-6,9-10,12H,1-4,7-8H2,(H,17,19). The Kier molecular flexibility index (Phi) is 4.87. The van der Waals surface area contributed by atoms with Crippen molar-refractivity contribution in [1.82, 2.24) is 5.32 Å². The number of hydrogen-bond acceptors (Lipinski definition) is 3. The minimum Gasteiger partial charge on any atom is -0.349 e. The summed E-state index contributed by atoms with van der Waals surface area (Å²) in [7, 11) is 0. The predicted octanol–water partition coefficient (Wildman–Crippen LogP) is 3.11. The number of isocyanates is 1. The maximum Gasteiger partial charge on any atom is 0.253 e. The number of hydrogen-bond donors (Lipinski definition) is 1. The Bertz CT molecular complexity index is 485. The number of nitrogens with one attached hydrogen (secondary N) is 1. The van der Waals surface area contributed by atoms with Gasteiger partial charge in [0, 0.05) is 6.04 Å². The van der Waals surface area contributed by atoms with Crippen LogP contribution < -0.4 is 5.32 Å². The van der Waals surface area contributed by atoms with Gasteiger partial charge in [0.15, 0.2) is 0 Å². The normalized spacial score (nSPS) is 16.2. The summed E-state index contributed by atoms with van der Waals surface area (Å²) < 4.78 is 0. The Hall–Kier alpha value is -1.93. The molecular weight excluding hydrogens is 240 g/mol. The van der Waals surface area contributed by atoms with E-state index in [9.17, 15) is 9.59 Å². The molecule has 0 aromatic heterocycles. The summed E-state index contributed by atoms with van der Waals surface area (Å²) in [4.78, 5) is 26.2. The minimum absolute atomic E-state index is 0.151. The maximum atomic E-state index is 12.2. The summed E-state index contributed by atoms with van der Waals surface area (Å²) in [6.07, 6.45) is 8.38. The second kappa shape index (κ2) is 6.86. The second-order valence-electron chi connectivity index (χ2n) is 4.88. The van der Waals surface area contributed by atoms with Crippen LogP contribution in [-0.2, 0) is 4.79 Å². The van der Waals surface area contributed by atoms with E-state index < -0.39 is 0 Å². The molecule has 0 unspecified atom stereocenters. The van der Waals surface area contributed by atoms with Crippen molar-refractivity contribution in [3.05, 3.63) is 29.8 Å². The lowest BCUT2D eigenvalue weighted by Gasteiger charge is -2.16. The van der Waals surface area contributed by atoms with Crippen LogP contribution in [0.3, 0.4) is 0 Å². The summed E-state index contributed by atoms with van der Waals surface area (Å²) >= 11 is 0. The molecule has 0 atom stereocenters. The Morgan fingerprint density at radius 3 is 2.53 bits per heavy atom. The van der Waals surface area contributed by atoms with E-state index in [-0.39, 0.29) is 11.9 Å². The minimum atomic E-state index is -0.151. The SMILES string of the molecule is O=C=Nc1ccccc1C(=O)NC1CCCCCC1. The molecule has 1 N–H and O–H groups in total. The molecule has 0 aliphatic heterocycles. The molecule has 1 saturated carbocycles. The second-order valence-corrected chi connectivity index (χ2v) is 4.88. The number of aliphatic imine (C=N–C) groups is 1. The molecular formula is C15H18N2O2. The van der Waals surface area contributed by atoms with Crippen LogP contribution in [0, 0.1) is 0 Å². The molecule has 0 radical (unpaired) electrons. The molecule has 4 nitrogen and oxygen atoms in total. The van der Waals surface area contributed by atoms with Gasteiger partial charge in [0.2, 0.25) is 6.08 Å². The number of carbonyl (C=O) groups excluding carboxylic acids is 2. The quantitative estimate of drug-likeness (QED) is 0.514. The molecule has 0 bridgehead atoms. The van der Waals surface area contributed by atoms with Gasteiger partial charge in [-0.15, -0.1) is 0 Å². The third kappa shape index (κ3) is 3.76. The van der Waals surface area contributed by atoms with Gasteiger partial charge in [-0.25, -0.2) is 4.79 Å². The lowest BCUT2D eigenvalue weighted by molar-refractivity contribution is 0.0934. The van der Waals surface area contributed by atoms with Crippen molar-refractivity contribution in [3.63, 3.8) is 0 Å². The van der Waals surface area contributed by atoms with Crippen LogP contribution in [0.4, 0.5) is 5.69 Å². The highest BCUT2D eigenvalue weighted by atomic mass is 16.1. The highest BCUT2D eigenvalue weighted by Gasteiger charge is 2.17. The fourth-order valence-corrected chi connectivity index (χ4v) is 2.50. The molecule has 0 heterocycles. The van der Waals surface area contributed by atoms with Gasteiger partial charge in [-0.2, -0.15) is 4.99 Å². The fourth-order valence-electron chi connectivity index (χ4n) is 2.50. The topological polar surface area (TPSA) is 58.5 Å². The molecule has 1 aromatic carbocycles. The maximum absolute atomic E-state index is 12.2. The first-order chi connectivity index (χ1) is 9.31. The molecule has 4 heteroatoms. The molecule has 1 aromatic rings. The van der Waals surface area contributed by atoms with Crippen molar-refractivity contribution >= 4 is 17.7 Å². The summed E-state index contributed by atoms with van der Waals surface area (Å²) in [5.74, 6) is -0.151. The molecule has 100 valence electrons. The van der Waals surface area contributed by atoms with E-state index in [1.54, 1.807) is 24.3 Å². The van der Waals surface area contributed by atoms with E-state index in [1.165, 1.54) is 31.8 Å². The van der Waals surface area contributed by atoms with Gasteiger partial charge < -0.3 is 5.32 Å². The van der Waals surface area contributed by atoms with Gasteiger partial charge in [0.25, 0.3) is 5.91 Å². The van der Waals surface area contributed by atoms with Crippen molar-refractivity contribution < 1.29 is 9.59 Å². The Morgan fingerprint density at radius 1 is 1.16 bits per heavy atom. The van der Waals surface area contributed by atoms with Gasteiger partial charge in [-0.1, -0.05) is 37.8 Å². The molecule has 1 aliphatic carbocycles. The largest absolute Gasteiger partial charge is 0.349 e. The van der Waals surface area contributed by atoms with Gasteiger partial charge in [-0.3, -0.25) is 4.79 Å². The number of nitrogens with zero attached hydrogens (tertiary/aromatic N) is 1. The van der Waals surface area contributed by atoms with E-state index in [2.05, 4.69) is 10.3 Å². The third-order valence-electron chi connectivity index (χ3n) is 3.51. The van der Waals surface area contributed by atoms with Crippen LogP contribution in [0.5, 0.6) is 0 Å². The van der Waals surface area contributed by atoms with Crippen LogP contribution in [0.25, 0.3) is 0 Å². The lowest BCUT2D eigenvalue weighted by atomic mass is 10.1. The monoisotopic (exact) mass is 258 g/mol. The third-order valence-corrected chi connectivity index (χ3v) is 3.51. The molecule has 1 aliphatic rings. The Balaban J connectivity index is 2.08. The number of amides is 1. The van der Waals surface area contributed by atoms with E-state index in [0.29, 0.717) is 11.3 Å². The average Bonchev–Trinajstić information content (AvgIpc) is 2.68. The van der Waals surface area contributed by atoms with Crippen LogP contribution in [0.15, 0.2) is 29.3 Å². The highest BCUT2D eigenvalue weighted by Crippen LogP contribution is 2.20. The van der Waals surface area contributed by atoms with Crippen molar-refractivity contribution in [2.75, 3.05) is 0 Å². The molecule has 0 saturated heterocycles. The number of rotatable bonds is 3. The highest BCUT2D eigenvalue weighted by molar-refractivity contribution is 5.99. The van der Waals surface area contributed by atoms with E-state index in [4.69, 9.17) is 0 Å². The first kappa shape index (κ1) is 13.5. The Labute approximate surface area is 112 Å². The molecule has 0 spiro atoms. The zero-order valence-electron chi connectivity index (χ0n) is 10.9. The predicted molar refractivity (Wildman–Crippen MR) is 73.2 cm³/mol. The Morgan fingerprint density at radius 2 is 1.84 bits per heavy atom. The number of benzene rings is 1. The van der Waals surface area contributed by atoms with Crippen LogP contribution >= 0.6 is 0 Å². The average molecular weight is 258 g/mol. The number of carbonyl (C=O) groups is 1. The zero-order chi connectivity index (χ0) is 13.5. The van der Waals surface area contributed by atoms with E-state index >= 15 is 0 Å². The summed E-state index contributed by atoms with van der Waals surface area (Å²) in [5.41, 5.74) is 0.818. The summed E-state index contributed by atoms with van der Waals surface area (Å²) in [5, 5.41) is 3.05.